The Morgan fingerprint density at radius 2 is 1.93 bits per heavy atom. The van der Waals surface area contributed by atoms with Gasteiger partial charge in [-0.1, -0.05) is 44.4 Å². The van der Waals surface area contributed by atoms with Gasteiger partial charge in [0.1, 0.15) is 5.82 Å². The van der Waals surface area contributed by atoms with Crippen LogP contribution < -0.4 is 0 Å². The van der Waals surface area contributed by atoms with Crippen molar-refractivity contribution in [3.63, 3.8) is 0 Å². The van der Waals surface area contributed by atoms with Gasteiger partial charge in [0.25, 0.3) is 0 Å². The second-order valence-corrected chi connectivity index (χ2v) is 4.09. The van der Waals surface area contributed by atoms with Crippen LogP contribution in [-0.2, 0) is 0 Å². The summed E-state index contributed by atoms with van der Waals surface area (Å²) in [5.74, 6) is -0.201. The van der Waals surface area contributed by atoms with Gasteiger partial charge in [0.05, 0.1) is 6.10 Å². The van der Waals surface area contributed by atoms with E-state index in [9.17, 15) is 9.50 Å². The summed E-state index contributed by atoms with van der Waals surface area (Å²) in [5.41, 5.74) is 0.617. The third kappa shape index (κ3) is 2.93. The molecule has 3 heteroatoms. The van der Waals surface area contributed by atoms with Crippen LogP contribution in [0.15, 0.2) is 18.2 Å². The quantitative estimate of drug-likeness (QED) is 0.831. The Morgan fingerprint density at radius 1 is 1.33 bits per heavy atom. The van der Waals surface area contributed by atoms with Crippen molar-refractivity contribution in [2.75, 3.05) is 0 Å². The topological polar surface area (TPSA) is 20.2 Å². The van der Waals surface area contributed by atoms with Gasteiger partial charge >= 0.3 is 0 Å². The van der Waals surface area contributed by atoms with Gasteiger partial charge in [0.15, 0.2) is 0 Å². The number of hydrogen-bond acceptors (Lipinski definition) is 1. The van der Waals surface area contributed by atoms with Crippen LogP contribution in [-0.4, -0.2) is 5.11 Å². The Kier molecular flexibility index (Phi) is 4.55. The van der Waals surface area contributed by atoms with Gasteiger partial charge in [0.2, 0.25) is 0 Å². The zero-order chi connectivity index (χ0) is 11.4. The molecule has 0 aliphatic carbocycles. The molecule has 1 rings (SSSR count). The molecule has 0 radical (unpaired) electrons. The second kappa shape index (κ2) is 5.47. The van der Waals surface area contributed by atoms with Crippen molar-refractivity contribution in [3.05, 3.63) is 34.6 Å². The van der Waals surface area contributed by atoms with Crippen molar-refractivity contribution in [3.8, 4) is 0 Å². The van der Waals surface area contributed by atoms with Crippen LogP contribution in [0.3, 0.4) is 0 Å². The Morgan fingerprint density at radius 3 is 2.40 bits per heavy atom. The summed E-state index contributed by atoms with van der Waals surface area (Å²) >= 11 is 5.88. The minimum Gasteiger partial charge on any atom is -0.388 e. The standard InChI is InChI=1S/C12H16ClFO/c1-3-8(4-2)12(15)10-6-5-9(14)7-11(10)13/h5-8,12,15H,3-4H2,1-2H3. The van der Waals surface area contributed by atoms with Crippen molar-refractivity contribution < 1.29 is 9.50 Å². The molecule has 84 valence electrons. The average molecular weight is 231 g/mol. The highest BCUT2D eigenvalue weighted by molar-refractivity contribution is 6.31. The first-order valence-corrected chi connectivity index (χ1v) is 5.60. The van der Waals surface area contributed by atoms with E-state index >= 15 is 0 Å². The monoisotopic (exact) mass is 230 g/mol. The zero-order valence-corrected chi connectivity index (χ0v) is 9.76. The molecule has 0 heterocycles. The van der Waals surface area contributed by atoms with Crippen LogP contribution in [0.4, 0.5) is 4.39 Å². The molecule has 0 saturated carbocycles. The Hall–Kier alpha value is -0.600. The van der Waals surface area contributed by atoms with Crippen LogP contribution in [0.1, 0.15) is 38.4 Å². The Balaban J connectivity index is 2.94. The van der Waals surface area contributed by atoms with Crippen molar-refractivity contribution in [2.45, 2.75) is 32.8 Å². The van der Waals surface area contributed by atoms with E-state index in [-0.39, 0.29) is 11.7 Å². The molecular weight excluding hydrogens is 215 g/mol. The van der Waals surface area contributed by atoms with Gasteiger partial charge in [-0.3, -0.25) is 0 Å². The molecule has 1 atom stereocenters. The van der Waals surface area contributed by atoms with Crippen molar-refractivity contribution in [2.24, 2.45) is 5.92 Å². The molecule has 1 nitrogen and oxygen atoms in total. The zero-order valence-electron chi connectivity index (χ0n) is 9.00. The number of halogens is 2. The summed E-state index contributed by atoms with van der Waals surface area (Å²) in [6.07, 6.45) is 1.16. The van der Waals surface area contributed by atoms with Crippen LogP contribution >= 0.6 is 11.6 Å². The summed E-state index contributed by atoms with van der Waals surface area (Å²) < 4.78 is 12.8. The SMILES string of the molecule is CCC(CC)C(O)c1ccc(F)cc1Cl. The minimum atomic E-state index is -0.604. The fraction of sp³-hybridized carbons (Fsp3) is 0.500. The maximum atomic E-state index is 12.8. The molecule has 0 spiro atoms. The lowest BCUT2D eigenvalue weighted by Crippen LogP contribution is -2.11. The molecule has 0 aliphatic rings. The number of aliphatic hydroxyl groups excluding tert-OH is 1. The summed E-state index contributed by atoms with van der Waals surface area (Å²) in [6.45, 7) is 4.05. The summed E-state index contributed by atoms with van der Waals surface area (Å²) in [5, 5.41) is 10.3. The molecule has 1 unspecified atom stereocenters. The highest BCUT2D eigenvalue weighted by Gasteiger charge is 2.19. The fourth-order valence-corrected chi connectivity index (χ4v) is 2.01. The van der Waals surface area contributed by atoms with Crippen molar-refractivity contribution >= 4 is 11.6 Å². The second-order valence-electron chi connectivity index (χ2n) is 3.69. The van der Waals surface area contributed by atoms with E-state index in [2.05, 4.69) is 0 Å². The van der Waals surface area contributed by atoms with Crippen molar-refractivity contribution in [1.82, 2.24) is 0 Å². The third-order valence-electron chi connectivity index (χ3n) is 2.78. The number of benzene rings is 1. The molecule has 0 saturated heterocycles. The van der Waals surface area contributed by atoms with E-state index < -0.39 is 6.10 Å². The number of aliphatic hydroxyl groups is 1. The molecule has 15 heavy (non-hydrogen) atoms. The normalized spacial score (nSPS) is 13.2. The lowest BCUT2D eigenvalue weighted by atomic mass is 9.91. The maximum absolute atomic E-state index is 12.8. The van der Waals surface area contributed by atoms with E-state index in [4.69, 9.17) is 11.6 Å². The number of rotatable bonds is 4. The summed E-state index contributed by atoms with van der Waals surface area (Å²) in [7, 11) is 0. The molecule has 0 fully saturated rings. The van der Waals surface area contributed by atoms with Crippen LogP contribution in [0.25, 0.3) is 0 Å². The highest BCUT2D eigenvalue weighted by Crippen LogP contribution is 2.32. The van der Waals surface area contributed by atoms with Gasteiger partial charge in [-0.2, -0.15) is 0 Å². The largest absolute Gasteiger partial charge is 0.388 e. The van der Waals surface area contributed by atoms with E-state index in [1.165, 1.54) is 12.1 Å². The van der Waals surface area contributed by atoms with E-state index in [0.29, 0.717) is 10.6 Å². The van der Waals surface area contributed by atoms with Crippen LogP contribution in [0.5, 0.6) is 0 Å². The molecule has 0 aliphatic heterocycles. The van der Waals surface area contributed by atoms with E-state index in [1.54, 1.807) is 6.07 Å². The Labute approximate surface area is 94.9 Å². The summed E-state index contributed by atoms with van der Waals surface area (Å²) in [4.78, 5) is 0. The van der Waals surface area contributed by atoms with Crippen molar-refractivity contribution in [1.29, 1.82) is 0 Å². The predicted octanol–water partition coefficient (Wildman–Crippen LogP) is 3.95. The Bertz CT molecular complexity index is 323. The van der Waals surface area contributed by atoms with E-state index in [1.807, 2.05) is 13.8 Å². The molecule has 0 bridgehead atoms. The smallest absolute Gasteiger partial charge is 0.124 e. The number of hydrogen-bond donors (Lipinski definition) is 1. The van der Waals surface area contributed by atoms with Gasteiger partial charge in [0, 0.05) is 5.02 Å². The molecule has 0 amide bonds. The first-order valence-electron chi connectivity index (χ1n) is 5.23. The molecule has 1 aromatic carbocycles. The van der Waals surface area contributed by atoms with Gasteiger partial charge < -0.3 is 5.11 Å². The van der Waals surface area contributed by atoms with E-state index in [0.717, 1.165) is 12.8 Å². The minimum absolute atomic E-state index is 0.174. The first kappa shape index (κ1) is 12.5. The molecule has 1 aromatic rings. The third-order valence-corrected chi connectivity index (χ3v) is 3.10. The lowest BCUT2D eigenvalue weighted by molar-refractivity contribution is 0.103. The lowest BCUT2D eigenvalue weighted by Gasteiger charge is -2.21. The first-order chi connectivity index (χ1) is 7.10. The van der Waals surface area contributed by atoms with Crippen LogP contribution in [0, 0.1) is 11.7 Å². The molecule has 0 aromatic heterocycles. The average Bonchev–Trinajstić information content (AvgIpc) is 2.19. The van der Waals surface area contributed by atoms with Gasteiger partial charge in [-0.15, -0.1) is 0 Å². The maximum Gasteiger partial charge on any atom is 0.124 e. The molecular formula is C12H16ClFO. The highest BCUT2D eigenvalue weighted by atomic mass is 35.5. The summed E-state index contributed by atoms with van der Waals surface area (Å²) in [6, 6.07) is 4.12. The van der Waals surface area contributed by atoms with Crippen LogP contribution in [0.2, 0.25) is 5.02 Å². The van der Waals surface area contributed by atoms with Gasteiger partial charge in [-0.05, 0) is 23.6 Å². The predicted molar refractivity (Wildman–Crippen MR) is 60.4 cm³/mol. The fourth-order valence-electron chi connectivity index (χ4n) is 1.73. The molecule has 1 N–H and O–H groups in total. The van der Waals surface area contributed by atoms with Gasteiger partial charge in [-0.25, -0.2) is 4.39 Å².